The second-order valence-corrected chi connectivity index (χ2v) is 17.3. The maximum atomic E-state index is 12.8. The van der Waals surface area contributed by atoms with Crippen LogP contribution in [0.5, 0.6) is 0 Å². The molecule has 1 unspecified atom stereocenters. The molecule has 386 valence electrons. The second-order valence-electron chi connectivity index (χ2n) is 17.3. The number of rotatable bonds is 47. The Morgan fingerprint density at radius 2 is 0.522 bits per heavy atom. The van der Waals surface area contributed by atoms with E-state index in [1.54, 1.807) is 0 Å². The van der Waals surface area contributed by atoms with Crippen LogP contribution in [0.4, 0.5) is 0 Å². The first kappa shape index (κ1) is 64.3. The van der Waals surface area contributed by atoms with E-state index < -0.39 is 6.10 Å². The summed E-state index contributed by atoms with van der Waals surface area (Å²) in [5.41, 5.74) is 0. The van der Waals surface area contributed by atoms with Crippen molar-refractivity contribution in [3.8, 4) is 0 Å². The van der Waals surface area contributed by atoms with Gasteiger partial charge in [-0.25, -0.2) is 0 Å². The van der Waals surface area contributed by atoms with E-state index in [-0.39, 0.29) is 37.5 Å². The Bertz CT molecular complexity index is 1560. The quantitative estimate of drug-likeness (QED) is 0.0262. The second kappa shape index (κ2) is 55.9. The highest BCUT2D eigenvalue weighted by molar-refractivity contribution is 5.71. The van der Waals surface area contributed by atoms with Gasteiger partial charge in [0, 0.05) is 19.3 Å². The van der Waals surface area contributed by atoms with Crippen LogP contribution in [0.25, 0.3) is 0 Å². The van der Waals surface area contributed by atoms with Gasteiger partial charge in [-0.2, -0.15) is 0 Å². The molecule has 6 heteroatoms. The highest BCUT2D eigenvalue weighted by atomic mass is 16.6. The minimum absolute atomic E-state index is 0.114. The van der Waals surface area contributed by atoms with Crippen LogP contribution in [0.15, 0.2) is 146 Å². The minimum atomic E-state index is -0.818. The molecule has 0 saturated heterocycles. The normalized spacial score (nSPS) is 13.3. The molecule has 0 aliphatic heterocycles. The Balaban J connectivity index is 4.51. The van der Waals surface area contributed by atoms with Crippen molar-refractivity contribution in [3.05, 3.63) is 146 Å². The lowest BCUT2D eigenvalue weighted by molar-refractivity contribution is -0.167. The summed E-state index contributed by atoms with van der Waals surface area (Å²) in [4.78, 5) is 38.1. The number of carbonyl (C=O) groups excluding carboxylic acids is 3. The molecule has 0 aromatic carbocycles. The first-order valence-electron chi connectivity index (χ1n) is 27.3. The molecule has 0 aliphatic rings. The molecule has 0 heterocycles. The van der Waals surface area contributed by atoms with E-state index in [1.807, 2.05) is 0 Å². The maximum Gasteiger partial charge on any atom is 0.306 e. The first-order chi connectivity index (χ1) is 34.0. The highest BCUT2D eigenvalue weighted by Gasteiger charge is 2.19. The molecule has 0 saturated carbocycles. The molecule has 0 aromatic rings. The third-order valence-electron chi connectivity index (χ3n) is 10.8. The van der Waals surface area contributed by atoms with Gasteiger partial charge < -0.3 is 14.2 Å². The van der Waals surface area contributed by atoms with Gasteiger partial charge >= 0.3 is 17.9 Å². The van der Waals surface area contributed by atoms with Crippen LogP contribution in [-0.4, -0.2) is 37.2 Å². The summed E-state index contributed by atoms with van der Waals surface area (Å²) in [5, 5.41) is 0. The largest absolute Gasteiger partial charge is 0.462 e. The van der Waals surface area contributed by atoms with Gasteiger partial charge in [0.05, 0.1) is 0 Å². The fourth-order valence-electron chi connectivity index (χ4n) is 6.83. The standard InChI is InChI=1S/C63H98O6/c1-4-7-10-13-16-19-22-25-27-29-30-31-32-34-35-38-41-44-47-50-53-56-62(65)68-59-60(58-67-61(64)55-52-49-46-43-40-37-24-21-18-15-12-9-6-3)69-63(66)57-54-51-48-45-42-39-36-33-28-26-23-20-17-14-11-8-5-2/h7-12,16-21,25-28,30-31,34-37,39-40,60H,4-6,13-15,22-24,29,32-33,38,41-59H2,1-3H3/b10-7-,11-8-,12-9-,19-16-,20-17-,21-18-,27-25-,28-26-,31-30-,35-34-,39-36-,40-37-. The number of hydrogen-bond acceptors (Lipinski definition) is 6. The number of ether oxygens (including phenoxy) is 3. The van der Waals surface area contributed by atoms with E-state index >= 15 is 0 Å². The molecule has 0 bridgehead atoms. The van der Waals surface area contributed by atoms with Crippen molar-refractivity contribution in [2.75, 3.05) is 13.2 Å². The van der Waals surface area contributed by atoms with Crippen molar-refractivity contribution in [1.29, 1.82) is 0 Å². The van der Waals surface area contributed by atoms with E-state index in [9.17, 15) is 14.4 Å². The van der Waals surface area contributed by atoms with Crippen LogP contribution in [0.3, 0.4) is 0 Å². The Morgan fingerprint density at radius 1 is 0.290 bits per heavy atom. The monoisotopic (exact) mass is 951 g/mol. The molecule has 0 spiro atoms. The molecule has 0 amide bonds. The van der Waals surface area contributed by atoms with Crippen molar-refractivity contribution >= 4 is 17.9 Å². The zero-order chi connectivity index (χ0) is 50.0. The van der Waals surface area contributed by atoms with Crippen LogP contribution in [0.2, 0.25) is 0 Å². The van der Waals surface area contributed by atoms with Gasteiger partial charge in [-0.05, 0) is 135 Å². The molecule has 0 fully saturated rings. The van der Waals surface area contributed by atoms with Gasteiger partial charge in [0.15, 0.2) is 6.10 Å². The number of unbranched alkanes of at least 4 members (excludes halogenated alkanes) is 12. The summed E-state index contributed by atoms with van der Waals surface area (Å²) < 4.78 is 16.8. The molecule has 6 nitrogen and oxygen atoms in total. The fraction of sp³-hybridized carbons (Fsp3) is 0.571. The van der Waals surface area contributed by atoms with Crippen molar-refractivity contribution in [2.45, 2.75) is 219 Å². The Morgan fingerprint density at radius 3 is 0.826 bits per heavy atom. The molecular weight excluding hydrogens is 853 g/mol. The van der Waals surface area contributed by atoms with Crippen molar-refractivity contribution < 1.29 is 28.6 Å². The Kier molecular flexibility index (Phi) is 52.1. The average Bonchev–Trinajstić information content (AvgIpc) is 3.35. The van der Waals surface area contributed by atoms with E-state index in [2.05, 4.69) is 167 Å². The predicted octanol–water partition coefficient (Wildman–Crippen LogP) is 18.4. The van der Waals surface area contributed by atoms with Crippen molar-refractivity contribution in [3.63, 3.8) is 0 Å². The summed E-state index contributed by atoms with van der Waals surface area (Å²) in [6, 6.07) is 0. The van der Waals surface area contributed by atoms with E-state index in [0.29, 0.717) is 12.8 Å². The fourth-order valence-corrected chi connectivity index (χ4v) is 6.83. The van der Waals surface area contributed by atoms with E-state index in [4.69, 9.17) is 14.2 Å². The van der Waals surface area contributed by atoms with Crippen LogP contribution in [-0.2, 0) is 28.6 Å². The smallest absolute Gasteiger partial charge is 0.306 e. The lowest BCUT2D eigenvalue weighted by atomic mass is 10.1. The molecule has 1 atom stereocenters. The van der Waals surface area contributed by atoms with Gasteiger partial charge in [0.2, 0.25) is 0 Å². The number of allylic oxidation sites excluding steroid dienone is 24. The van der Waals surface area contributed by atoms with E-state index in [0.717, 1.165) is 173 Å². The molecule has 0 aliphatic carbocycles. The van der Waals surface area contributed by atoms with E-state index in [1.165, 1.54) is 0 Å². The lowest BCUT2D eigenvalue weighted by Crippen LogP contribution is -2.30. The highest BCUT2D eigenvalue weighted by Crippen LogP contribution is 2.12. The summed E-state index contributed by atoms with van der Waals surface area (Å²) in [5.74, 6) is -0.995. The summed E-state index contributed by atoms with van der Waals surface area (Å²) in [7, 11) is 0. The predicted molar refractivity (Wildman–Crippen MR) is 297 cm³/mol. The topological polar surface area (TPSA) is 78.9 Å². The van der Waals surface area contributed by atoms with Gasteiger partial charge in [0.25, 0.3) is 0 Å². The van der Waals surface area contributed by atoms with Gasteiger partial charge in [0.1, 0.15) is 13.2 Å². The SMILES string of the molecule is CC/C=C\C/C=C\C/C=C\C/C=C\C/C=C\CCCCCCCC(=O)OCC(COC(=O)CCCCC/C=C\C/C=C\C/C=C\CC)OC(=O)CCCCCC/C=C\C/C=C\C/C=C\C/C=C\CC. The molecule has 69 heavy (non-hydrogen) atoms. The van der Waals surface area contributed by atoms with Crippen LogP contribution in [0, 0.1) is 0 Å². The molecule has 0 aromatic heterocycles. The van der Waals surface area contributed by atoms with Crippen LogP contribution >= 0.6 is 0 Å². The zero-order valence-electron chi connectivity index (χ0n) is 44.0. The molecule has 0 radical (unpaired) electrons. The number of hydrogen-bond donors (Lipinski definition) is 0. The van der Waals surface area contributed by atoms with Gasteiger partial charge in [-0.1, -0.05) is 205 Å². The van der Waals surface area contributed by atoms with Crippen molar-refractivity contribution in [1.82, 2.24) is 0 Å². The molecule has 0 rings (SSSR count). The molecular formula is C63H98O6. The van der Waals surface area contributed by atoms with Crippen LogP contribution < -0.4 is 0 Å². The Hall–Kier alpha value is -4.71. The number of esters is 3. The lowest BCUT2D eigenvalue weighted by Gasteiger charge is -2.18. The molecule has 0 N–H and O–H groups in total. The maximum absolute atomic E-state index is 12.8. The number of carbonyl (C=O) groups is 3. The summed E-state index contributed by atoms with van der Waals surface area (Å²) in [6.45, 7) is 6.21. The Labute approximate surface area is 423 Å². The van der Waals surface area contributed by atoms with Gasteiger partial charge in [-0.3, -0.25) is 14.4 Å². The third-order valence-corrected chi connectivity index (χ3v) is 10.8. The average molecular weight is 951 g/mol. The summed E-state index contributed by atoms with van der Waals surface area (Å²) in [6.07, 6.45) is 79.7. The van der Waals surface area contributed by atoms with Gasteiger partial charge in [-0.15, -0.1) is 0 Å². The summed E-state index contributed by atoms with van der Waals surface area (Å²) >= 11 is 0. The van der Waals surface area contributed by atoms with Crippen molar-refractivity contribution in [2.24, 2.45) is 0 Å². The third kappa shape index (κ3) is 54.1. The first-order valence-corrected chi connectivity index (χ1v) is 27.3. The van der Waals surface area contributed by atoms with Crippen LogP contribution in [0.1, 0.15) is 213 Å². The zero-order valence-corrected chi connectivity index (χ0v) is 44.0. The minimum Gasteiger partial charge on any atom is -0.462 e.